The number of carbonyl (C=O) groups is 1. The molecule has 0 bridgehead atoms. The van der Waals surface area contributed by atoms with Gasteiger partial charge in [-0.25, -0.2) is 0 Å². The molecule has 0 aromatic heterocycles. The number of carbonyl (C=O) groups excluding carboxylic acids is 1. The monoisotopic (exact) mass is 519 g/mol. The molecule has 10 nitrogen and oxygen atoms in total. The highest BCUT2D eigenvalue weighted by Gasteiger charge is 2.50. The number of hydrogen-bond acceptors (Lipinski definition) is 8. The molecule has 1 unspecified atom stereocenters. The maximum Gasteiger partial charge on any atom is 0.269 e. The normalized spacial score (nSPS) is 26.8. The molecule has 2 fully saturated rings. The minimum atomic E-state index is -1.68. The first-order valence-corrected chi connectivity index (χ1v) is 12.3. The molecular formula is C28H27N2O8-. The van der Waals surface area contributed by atoms with E-state index in [-0.39, 0.29) is 18.9 Å². The molecule has 0 saturated carbocycles. The molecule has 6 atom stereocenters. The first-order chi connectivity index (χ1) is 18.4. The number of fused-ring (bicyclic) bond motifs is 1. The van der Waals surface area contributed by atoms with Crippen molar-refractivity contribution in [2.45, 2.75) is 50.5 Å². The number of anilines is 1. The summed E-state index contributed by atoms with van der Waals surface area (Å²) in [6.45, 7) is 1.61. The van der Waals surface area contributed by atoms with Gasteiger partial charge >= 0.3 is 0 Å². The summed E-state index contributed by atoms with van der Waals surface area (Å²) < 4.78 is 24.4. The van der Waals surface area contributed by atoms with Gasteiger partial charge in [-0.2, -0.15) is 0 Å². The summed E-state index contributed by atoms with van der Waals surface area (Å²) >= 11 is 0. The Hall–Kier alpha value is -3.67. The van der Waals surface area contributed by atoms with Gasteiger partial charge in [-0.3, -0.25) is 14.9 Å². The molecule has 5 rings (SSSR count). The van der Waals surface area contributed by atoms with Crippen LogP contribution in [-0.2, 0) is 30.3 Å². The lowest BCUT2D eigenvalue weighted by molar-refractivity contribution is -0.525. The molecule has 2 heterocycles. The SMILES string of the molecule is CC(=O)N(c1ccc([N+](=O)[O-])cc1)[C@@H]1[C@H](OCc2ccccc2)[C@@H]2OC(c3ccccc3)OC[C@H]2O[C@@H]1[O-]. The highest BCUT2D eigenvalue weighted by molar-refractivity contribution is 5.92. The second-order valence-corrected chi connectivity index (χ2v) is 9.13. The van der Waals surface area contributed by atoms with Crippen molar-refractivity contribution in [1.82, 2.24) is 0 Å². The second kappa shape index (κ2) is 11.4. The van der Waals surface area contributed by atoms with Crippen molar-refractivity contribution in [2.24, 2.45) is 0 Å². The first-order valence-electron chi connectivity index (χ1n) is 12.3. The van der Waals surface area contributed by atoms with Gasteiger partial charge < -0.3 is 29.0 Å². The number of nitro groups is 1. The molecule has 2 aliphatic rings. The number of rotatable bonds is 7. The summed E-state index contributed by atoms with van der Waals surface area (Å²) in [6, 6.07) is 23.2. The van der Waals surface area contributed by atoms with Gasteiger partial charge in [-0.05, 0) is 17.7 Å². The van der Waals surface area contributed by atoms with Gasteiger partial charge in [0.25, 0.3) is 5.69 Å². The Morgan fingerprint density at radius 1 is 1.00 bits per heavy atom. The van der Waals surface area contributed by atoms with Crippen molar-refractivity contribution in [1.29, 1.82) is 0 Å². The Kier molecular flexibility index (Phi) is 7.77. The summed E-state index contributed by atoms with van der Waals surface area (Å²) in [5.74, 6) is -0.438. The molecule has 2 aliphatic heterocycles. The van der Waals surface area contributed by atoms with Crippen LogP contribution in [0.25, 0.3) is 0 Å². The van der Waals surface area contributed by atoms with E-state index in [0.29, 0.717) is 5.69 Å². The second-order valence-electron chi connectivity index (χ2n) is 9.13. The molecule has 3 aromatic carbocycles. The predicted molar refractivity (Wildman–Crippen MR) is 134 cm³/mol. The van der Waals surface area contributed by atoms with Crippen molar-refractivity contribution < 1.29 is 33.8 Å². The van der Waals surface area contributed by atoms with Gasteiger partial charge in [-0.15, -0.1) is 0 Å². The van der Waals surface area contributed by atoms with Gasteiger partial charge in [0, 0.05) is 36.6 Å². The number of nitro benzene ring substituents is 1. The molecule has 0 spiro atoms. The van der Waals surface area contributed by atoms with Crippen LogP contribution >= 0.6 is 0 Å². The third-order valence-electron chi connectivity index (χ3n) is 6.64. The predicted octanol–water partition coefficient (Wildman–Crippen LogP) is 3.10. The molecule has 2 saturated heterocycles. The zero-order chi connectivity index (χ0) is 26.6. The van der Waals surface area contributed by atoms with E-state index < -0.39 is 47.8 Å². The molecular weight excluding hydrogens is 492 g/mol. The molecule has 0 N–H and O–H groups in total. The molecule has 1 amide bonds. The van der Waals surface area contributed by atoms with Crippen LogP contribution in [0.15, 0.2) is 84.9 Å². The van der Waals surface area contributed by atoms with Gasteiger partial charge in [0.05, 0.1) is 24.2 Å². The van der Waals surface area contributed by atoms with E-state index in [0.717, 1.165) is 11.1 Å². The topological polar surface area (TPSA) is 123 Å². The lowest BCUT2D eigenvalue weighted by atomic mass is 9.93. The highest BCUT2D eigenvalue weighted by atomic mass is 16.7. The maximum absolute atomic E-state index is 13.5. The molecule has 3 aromatic rings. The van der Waals surface area contributed by atoms with E-state index in [2.05, 4.69) is 0 Å². The molecule has 0 radical (unpaired) electrons. The highest BCUT2D eigenvalue weighted by Crippen LogP contribution is 2.37. The fourth-order valence-electron chi connectivity index (χ4n) is 4.87. The fourth-order valence-corrected chi connectivity index (χ4v) is 4.87. The van der Waals surface area contributed by atoms with Crippen molar-refractivity contribution in [3.8, 4) is 0 Å². The van der Waals surface area contributed by atoms with E-state index in [1.54, 1.807) is 0 Å². The van der Waals surface area contributed by atoms with Gasteiger partial charge in [0.1, 0.15) is 18.3 Å². The zero-order valence-corrected chi connectivity index (χ0v) is 20.6. The standard InChI is InChI=1S/C28H27N2O8/c1-18(31)29(21-12-14-22(15-13-21)30(33)34)24-26(35-16-19-8-4-2-5-9-19)25-23(37-27(24)32)17-36-28(38-25)20-10-6-3-7-11-20/h2-15,23-28H,16-17H2,1H3/q-1/t23-,24-,25-,26+,27+,28?/m1/s1. The Morgan fingerprint density at radius 2 is 1.66 bits per heavy atom. The van der Waals surface area contributed by atoms with Crippen LogP contribution in [0.4, 0.5) is 11.4 Å². The lowest BCUT2D eigenvalue weighted by Gasteiger charge is -2.54. The summed E-state index contributed by atoms with van der Waals surface area (Å²) in [5.41, 5.74) is 1.86. The van der Waals surface area contributed by atoms with E-state index in [1.165, 1.54) is 36.1 Å². The number of nitrogens with zero attached hydrogens (tertiary/aromatic N) is 2. The van der Waals surface area contributed by atoms with E-state index in [1.807, 2.05) is 60.7 Å². The summed E-state index contributed by atoms with van der Waals surface area (Å²) in [7, 11) is 0. The van der Waals surface area contributed by atoms with E-state index in [9.17, 15) is 20.0 Å². The smallest absolute Gasteiger partial charge is 0.269 e. The summed E-state index contributed by atoms with van der Waals surface area (Å²) in [6.07, 6.45) is -4.71. The molecule has 0 aliphatic carbocycles. The zero-order valence-electron chi connectivity index (χ0n) is 20.6. The number of hydrogen-bond donors (Lipinski definition) is 0. The number of ether oxygens (including phenoxy) is 4. The fraction of sp³-hybridized carbons (Fsp3) is 0.321. The summed E-state index contributed by atoms with van der Waals surface area (Å²) in [5, 5.41) is 24.6. The minimum Gasteiger partial charge on any atom is -0.829 e. The van der Waals surface area contributed by atoms with Gasteiger partial charge in [-0.1, -0.05) is 60.7 Å². The molecule has 38 heavy (non-hydrogen) atoms. The minimum absolute atomic E-state index is 0.110. The Labute approximate surface area is 219 Å². The van der Waals surface area contributed by atoms with Crippen molar-refractivity contribution in [2.75, 3.05) is 11.5 Å². The third-order valence-corrected chi connectivity index (χ3v) is 6.64. The van der Waals surface area contributed by atoms with Crippen molar-refractivity contribution >= 4 is 17.3 Å². The average molecular weight is 520 g/mol. The van der Waals surface area contributed by atoms with Crippen LogP contribution in [0, 0.1) is 10.1 Å². The number of non-ortho nitro benzene ring substituents is 1. The van der Waals surface area contributed by atoms with Crippen LogP contribution in [0.1, 0.15) is 24.3 Å². The summed E-state index contributed by atoms with van der Waals surface area (Å²) in [4.78, 5) is 24.9. The van der Waals surface area contributed by atoms with E-state index >= 15 is 0 Å². The first kappa shape index (κ1) is 26.0. The van der Waals surface area contributed by atoms with Crippen LogP contribution < -0.4 is 10.0 Å². The average Bonchev–Trinajstić information content (AvgIpc) is 2.94. The largest absolute Gasteiger partial charge is 0.829 e. The van der Waals surface area contributed by atoms with Crippen LogP contribution in [0.3, 0.4) is 0 Å². The lowest BCUT2D eigenvalue weighted by Crippen LogP contribution is -2.70. The quantitative estimate of drug-likeness (QED) is 0.345. The van der Waals surface area contributed by atoms with Crippen LogP contribution in [0.5, 0.6) is 0 Å². The Balaban J connectivity index is 1.50. The third kappa shape index (κ3) is 5.45. The van der Waals surface area contributed by atoms with Crippen molar-refractivity contribution in [3.63, 3.8) is 0 Å². The molecule has 198 valence electrons. The van der Waals surface area contributed by atoms with Gasteiger partial charge in [0.15, 0.2) is 6.29 Å². The Bertz CT molecular complexity index is 1240. The van der Waals surface area contributed by atoms with Crippen molar-refractivity contribution in [3.05, 3.63) is 106 Å². The number of benzene rings is 3. The van der Waals surface area contributed by atoms with Crippen LogP contribution in [0.2, 0.25) is 0 Å². The van der Waals surface area contributed by atoms with Crippen LogP contribution in [-0.4, -0.2) is 48.1 Å². The van der Waals surface area contributed by atoms with E-state index in [4.69, 9.17) is 18.9 Å². The Morgan fingerprint density at radius 3 is 2.29 bits per heavy atom. The van der Waals surface area contributed by atoms with Gasteiger partial charge in [0.2, 0.25) is 5.91 Å². The maximum atomic E-state index is 13.5. The number of amides is 1. The molecule has 10 heteroatoms.